The smallest absolute Gasteiger partial charge is 0.190 e. The summed E-state index contributed by atoms with van der Waals surface area (Å²) in [6.07, 6.45) is 0. The molecule has 0 fully saturated rings. The van der Waals surface area contributed by atoms with E-state index in [-0.39, 0.29) is 12.4 Å². The first kappa shape index (κ1) is 12.4. The number of amidine groups is 1. The molecule has 18 heavy (non-hydrogen) atoms. The van der Waals surface area contributed by atoms with E-state index >= 15 is 0 Å². The molecule has 1 aliphatic heterocycles. The fraction of sp³-hybridized carbons (Fsp3) is 0.333. The minimum absolute atomic E-state index is 0.0192. The Hall–Kier alpha value is -2.08. The predicted molar refractivity (Wildman–Crippen MR) is 71.3 cm³/mol. The molecule has 2 N–H and O–H groups in total. The van der Waals surface area contributed by atoms with Crippen molar-refractivity contribution in [1.29, 1.82) is 5.41 Å². The van der Waals surface area contributed by atoms with Crippen LogP contribution in [0.25, 0.3) is 0 Å². The highest BCUT2D eigenvalue weighted by Gasteiger charge is 2.25. The van der Waals surface area contributed by atoms with E-state index in [1.807, 2.05) is 43.3 Å². The van der Waals surface area contributed by atoms with Crippen molar-refractivity contribution in [3.8, 4) is 0 Å². The number of anilines is 1. The number of aliphatic hydroxyl groups excluding tert-OH is 1. The van der Waals surface area contributed by atoms with Gasteiger partial charge in [0.2, 0.25) is 0 Å². The largest absolute Gasteiger partial charge is 0.394 e. The monoisotopic (exact) mass is 245 g/mol. The number of aliphatic hydroxyl groups is 1. The lowest BCUT2D eigenvalue weighted by molar-refractivity contribution is 0.290. The molecule has 0 amide bonds. The summed E-state index contributed by atoms with van der Waals surface area (Å²) >= 11 is 0. The summed E-state index contributed by atoms with van der Waals surface area (Å²) in [7, 11) is 3.93. The molecular weight excluding hydrogens is 230 g/mol. The van der Waals surface area contributed by atoms with Crippen molar-refractivity contribution in [3.63, 3.8) is 0 Å². The van der Waals surface area contributed by atoms with Gasteiger partial charge in [0.1, 0.15) is 11.8 Å². The molecule has 1 aromatic carbocycles. The van der Waals surface area contributed by atoms with Crippen LogP contribution < -0.4 is 4.90 Å². The van der Waals surface area contributed by atoms with Crippen LogP contribution in [0.3, 0.4) is 0 Å². The van der Waals surface area contributed by atoms with Crippen LogP contribution in [-0.4, -0.2) is 43.4 Å². The maximum Gasteiger partial charge on any atom is 0.190 e. The molecule has 1 aromatic rings. The maximum atomic E-state index is 9.11. The van der Waals surface area contributed by atoms with Crippen molar-refractivity contribution < 1.29 is 5.11 Å². The van der Waals surface area contributed by atoms with Gasteiger partial charge in [-0.3, -0.25) is 5.41 Å². The molecule has 94 valence electrons. The lowest BCUT2D eigenvalue weighted by atomic mass is 10.2. The maximum absolute atomic E-state index is 9.11. The van der Waals surface area contributed by atoms with Crippen LogP contribution in [0.5, 0.6) is 0 Å². The van der Waals surface area contributed by atoms with Crippen LogP contribution in [0.4, 0.5) is 11.4 Å². The third-order valence-corrected chi connectivity index (χ3v) is 2.64. The van der Waals surface area contributed by atoms with Gasteiger partial charge in [0, 0.05) is 19.8 Å². The zero-order chi connectivity index (χ0) is 13.1. The number of aliphatic imine (C=N–C) groups is 1. The van der Waals surface area contributed by atoms with Gasteiger partial charge < -0.3 is 10.0 Å². The summed E-state index contributed by atoms with van der Waals surface area (Å²) in [5.41, 5.74) is 2.22. The van der Waals surface area contributed by atoms with Crippen molar-refractivity contribution >= 4 is 22.9 Å². The Balaban J connectivity index is 2.25. The van der Waals surface area contributed by atoms with E-state index in [0.29, 0.717) is 5.71 Å². The standard InChI is InChI=1S/C12H15N5O/c1-17(2)9-5-3-8(4-6-9)14-11-10(7-18)15-16-12(11)13/h3-6,10,13,18H,7H2,1-2H3. The van der Waals surface area contributed by atoms with E-state index < -0.39 is 6.04 Å². The van der Waals surface area contributed by atoms with Gasteiger partial charge in [-0.2, -0.15) is 5.11 Å². The van der Waals surface area contributed by atoms with Gasteiger partial charge in [-0.1, -0.05) is 0 Å². The van der Waals surface area contributed by atoms with Crippen LogP contribution >= 0.6 is 0 Å². The van der Waals surface area contributed by atoms with E-state index in [1.165, 1.54) is 0 Å². The third kappa shape index (κ3) is 2.43. The second-order valence-corrected chi connectivity index (χ2v) is 4.17. The van der Waals surface area contributed by atoms with Crippen LogP contribution in [0, 0.1) is 5.41 Å². The number of azo groups is 1. The average Bonchev–Trinajstić information content (AvgIpc) is 2.71. The average molecular weight is 245 g/mol. The van der Waals surface area contributed by atoms with Crippen LogP contribution in [0.1, 0.15) is 0 Å². The number of rotatable bonds is 3. The van der Waals surface area contributed by atoms with Gasteiger partial charge in [-0.25, -0.2) is 4.99 Å². The summed E-state index contributed by atoms with van der Waals surface area (Å²) in [5, 5.41) is 24.1. The highest BCUT2D eigenvalue weighted by Crippen LogP contribution is 2.20. The first-order valence-corrected chi connectivity index (χ1v) is 5.58. The Morgan fingerprint density at radius 3 is 2.56 bits per heavy atom. The molecule has 0 bridgehead atoms. The molecule has 0 spiro atoms. The zero-order valence-corrected chi connectivity index (χ0v) is 10.3. The van der Waals surface area contributed by atoms with E-state index in [0.717, 1.165) is 11.4 Å². The fourth-order valence-electron chi connectivity index (χ4n) is 1.61. The van der Waals surface area contributed by atoms with Gasteiger partial charge in [-0.15, -0.1) is 5.11 Å². The number of hydrogen-bond donors (Lipinski definition) is 2. The first-order chi connectivity index (χ1) is 8.61. The second kappa shape index (κ2) is 5.05. The highest BCUT2D eigenvalue weighted by molar-refractivity contribution is 6.44. The first-order valence-electron chi connectivity index (χ1n) is 5.58. The lowest BCUT2D eigenvalue weighted by Gasteiger charge is -2.12. The Morgan fingerprint density at radius 1 is 1.33 bits per heavy atom. The molecule has 0 radical (unpaired) electrons. The van der Waals surface area contributed by atoms with Crippen LogP contribution in [0.2, 0.25) is 0 Å². The molecule has 0 aromatic heterocycles. The van der Waals surface area contributed by atoms with Gasteiger partial charge >= 0.3 is 0 Å². The number of nitrogens with zero attached hydrogens (tertiary/aromatic N) is 4. The summed E-state index contributed by atoms with van der Waals surface area (Å²) in [5.74, 6) is 0.0192. The molecular formula is C12H15N5O. The quantitative estimate of drug-likeness (QED) is 0.848. The van der Waals surface area contributed by atoms with Gasteiger partial charge in [-0.05, 0) is 24.3 Å². The Labute approximate surface area is 105 Å². The minimum Gasteiger partial charge on any atom is -0.394 e. The SMILES string of the molecule is CN(C)c1ccc(N=C2C(=N)N=NC2CO)cc1. The predicted octanol–water partition coefficient (Wildman–Crippen LogP) is 1.63. The molecule has 1 heterocycles. The number of hydrogen-bond acceptors (Lipinski definition) is 5. The van der Waals surface area contributed by atoms with E-state index in [2.05, 4.69) is 15.2 Å². The minimum atomic E-state index is -0.508. The highest BCUT2D eigenvalue weighted by atomic mass is 16.3. The molecule has 1 aliphatic rings. The van der Waals surface area contributed by atoms with E-state index in [4.69, 9.17) is 10.5 Å². The Kier molecular flexibility index (Phi) is 3.47. The fourth-order valence-corrected chi connectivity index (χ4v) is 1.61. The van der Waals surface area contributed by atoms with Crippen molar-refractivity contribution in [3.05, 3.63) is 24.3 Å². The third-order valence-electron chi connectivity index (χ3n) is 2.64. The summed E-state index contributed by atoms with van der Waals surface area (Å²) in [6.45, 7) is -0.180. The number of nitrogens with one attached hydrogen (secondary N) is 1. The molecule has 0 saturated heterocycles. The number of benzene rings is 1. The van der Waals surface area contributed by atoms with E-state index in [9.17, 15) is 0 Å². The van der Waals surface area contributed by atoms with Crippen molar-refractivity contribution in [2.75, 3.05) is 25.6 Å². The summed E-state index contributed by atoms with van der Waals surface area (Å²) < 4.78 is 0. The topological polar surface area (TPSA) is 84.4 Å². The van der Waals surface area contributed by atoms with Crippen LogP contribution in [-0.2, 0) is 0 Å². The molecule has 1 unspecified atom stereocenters. The lowest BCUT2D eigenvalue weighted by Crippen LogP contribution is -2.22. The van der Waals surface area contributed by atoms with Crippen LogP contribution in [0.15, 0.2) is 39.5 Å². The van der Waals surface area contributed by atoms with Crippen molar-refractivity contribution in [2.45, 2.75) is 6.04 Å². The zero-order valence-electron chi connectivity index (χ0n) is 10.3. The normalized spacial score (nSPS) is 20.7. The molecule has 0 saturated carbocycles. The summed E-state index contributed by atoms with van der Waals surface area (Å²) in [4.78, 5) is 6.31. The second-order valence-electron chi connectivity index (χ2n) is 4.17. The Morgan fingerprint density at radius 2 is 2.00 bits per heavy atom. The van der Waals surface area contributed by atoms with Crippen molar-refractivity contribution in [1.82, 2.24) is 0 Å². The summed E-state index contributed by atoms with van der Waals surface area (Å²) in [6, 6.07) is 7.11. The van der Waals surface area contributed by atoms with Gasteiger partial charge in [0.15, 0.2) is 5.84 Å². The molecule has 6 heteroatoms. The molecule has 0 aliphatic carbocycles. The molecule has 2 rings (SSSR count). The van der Waals surface area contributed by atoms with Gasteiger partial charge in [0.05, 0.1) is 12.3 Å². The molecule has 6 nitrogen and oxygen atoms in total. The molecule has 1 atom stereocenters. The van der Waals surface area contributed by atoms with Crippen molar-refractivity contribution in [2.24, 2.45) is 15.2 Å². The Bertz CT molecular complexity index is 504. The van der Waals surface area contributed by atoms with Gasteiger partial charge in [0.25, 0.3) is 0 Å². The van der Waals surface area contributed by atoms with E-state index in [1.54, 1.807) is 0 Å².